The monoisotopic (exact) mass is 262 g/mol. The normalized spacial score (nSPS) is 16.1. The number of benzene rings is 1. The van der Waals surface area contributed by atoms with Crippen LogP contribution < -0.4 is 15.2 Å². The van der Waals surface area contributed by atoms with E-state index in [2.05, 4.69) is 0 Å². The zero-order valence-electron chi connectivity index (χ0n) is 11.4. The summed E-state index contributed by atoms with van der Waals surface area (Å²) in [6.45, 7) is 2.51. The van der Waals surface area contributed by atoms with Gasteiger partial charge in [0.25, 0.3) is 0 Å². The van der Waals surface area contributed by atoms with Crippen LogP contribution in [-0.2, 0) is 0 Å². The maximum absolute atomic E-state index is 7.47. The third kappa shape index (κ3) is 3.63. The smallest absolute Gasteiger partial charge is 0.161 e. The van der Waals surface area contributed by atoms with Gasteiger partial charge >= 0.3 is 0 Å². The summed E-state index contributed by atoms with van der Waals surface area (Å²) in [5, 5.41) is 7.47. The zero-order chi connectivity index (χ0) is 13.7. The topological polar surface area (TPSA) is 68.3 Å². The molecule has 19 heavy (non-hydrogen) atoms. The van der Waals surface area contributed by atoms with Crippen molar-refractivity contribution in [3.05, 3.63) is 23.8 Å². The lowest BCUT2D eigenvalue weighted by atomic mass is 9.98. The van der Waals surface area contributed by atoms with E-state index in [4.69, 9.17) is 20.6 Å². The van der Waals surface area contributed by atoms with Gasteiger partial charge in [-0.25, -0.2) is 0 Å². The van der Waals surface area contributed by atoms with Gasteiger partial charge in [0.2, 0.25) is 0 Å². The number of ether oxygens (including phenoxy) is 2. The van der Waals surface area contributed by atoms with E-state index in [0.29, 0.717) is 17.9 Å². The molecule has 0 saturated heterocycles. The Morgan fingerprint density at radius 1 is 1.26 bits per heavy atom. The minimum absolute atomic E-state index is 0.0465. The second-order valence-electron chi connectivity index (χ2n) is 4.89. The highest BCUT2D eigenvalue weighted by molar-refractivity contribution is 5.95. The van der Waals surface area contributed by atoms with E-state index in [1.54, 1.807) is 6.07 Å². The molecule has 104 valence electrons. The van der Waals surface area contributed by atoms with Crippen LogP contribution in [0.15, 0.2) is 18.2 Å². The van der Waals surface area contributed by atoms with Crippen molar-refractivity contribution in [1.29, 1.82) is 5.41 Å². The van der Waals surface area contributed by atoms with Crippen molar-refractivity contribution < 1.29 is 9.47 Å². The number of nitrogen functional groups attached to an aromatic ring is 1. The predicted octanol–water partition coefficient (Wildman–Crippen LogP) is 3.08. The molecule has 0 unspecified atom stereocenters. The third-order valence-electron chi connectivity index (χ3n) is 3.40. The Balaban J connectivity index is 2.15. The van der Waals surface area contributed by atoms with Crippen molar-refractivity contribution in [3.63, 3.8) is 0 Å². The Morgan fingerprint density at radius 2 is 2.00 bits per heavy atom. The fourth-order valence-corrected chi connectivity index (χ4v) is 2.40. The molecule has 3 N–H and O–H groups in total. The SMILES string of the molecule is CCOc1cc(C(=N)N)ccc1OC1CCCCC1. The van der Waals surface area contributed by atoms with E-state index in [9.17, 15) is 0 Å². The molecule has 1 saturated carbocycles. The lowest BCUT2D eigenvalue weighted by molar-refractivity contribution is 0.148. The second kappa shape index (κ2) is 6.45. The highest BCUT2D eigenvalue weighted by Crippen LogP contribution is 2.32. The van der Waals surface area contributed by atoms with Crippen LogP contribution in [0.3, 0.4) is 0 Å². The zero-order valence-corrected chi connectivity index (χ0v) is 11.4. The van der Waals surface area contributed by atoms with Crippen LogP contribution in [0.5, 0.6) is 11.5 Å². The standard InChI is InChI=1S/C15H22N2O2/c1-2-18-14-10-11(15(16)17)8-9-13(14)19-12-6-4-3-5-7-12/h8-10,12H,2-7H2,1H3,(H3,16,17). The maximum atomic E-state index is 7.47. The molecule has 2 rings (SSSR count). The molecular formula is C15H22N2O2. The quantitative estimate of drug-likeness (QED) is 0.633. The first kappa shape index (κ1) is 13.7. The van der Waals surface area contributed by atoms with E-state index in [0.717, 1.165) is 18.6 Å². The fourth-order valence-electron chi connectivity index (χ4n) is 2.40. The van der Waals surface area contributed by atoms with Crippen LogP contribution >= 0.6 is 0 Å². The van der Waals surface area contributed by atoms with E-state index >= 15 is 0 Å². The first-order chi connectivity index (χ1) is 9.20. The molecule has 4 heteroatoms. The lowest BCUT2D eigenvalue weighted by Crippen LogP contribution is -2.20. The van der Waals surface area contributed by atoms with Gasteiger partial charge in [-0.2, -0.15) is 0 Å². The van der Waals surface area contributed by atoms with Crippen molar-refractivity contribution in [2.45, 2.75) is 45.1 Å². The minimum atomic E-state index is 0.0465. The van der Waals surface area contributed by atoms with Crippen LogP contribution in [-0.4, -0.2) is 18.5 Å². The molecule has 0 amide bonds. The molecule has 0 aromatic heterocycles. The van der Waals surface area contributed by atoms with Crippen LogP contribution in [0.1, 0.15) is 44.6 Å². The van der Waals surface area contributed by atoms with Crippen LogP contribution in [0.4, 0.5) is 0 Å². The first-order valence-electron chi connectivity index (χ1n) is 6.98. The van der Waals surface area contributed by atoms with Crippen molar-refractivity contribution in [1.82, 2.24) is 0 Å². The Bertz CT molecular complexity index is 440. The Labute approximate surface area is 114 Å². The Kier molecular flexibility index (Phi) is 4.66. The summed E-state index contributed by atoms with van der Waals surface area (Å²) in [6.07, 6.45) is 6.29. The molecule has 1 aliphatic carbocycles. The number of amidine groups is 1. The summed E-state index contributed by atoms with van der Waals surface area (Å²) < 4.78 is 11.6. The molecule has 0 spiro atoms. The summed E-state index contributed by atoms with van der Waals surface area (Å²) >= 11 is 0. The molecule has 1 aliphatic rings. The van der Waals surface area contributed by atoms with Crippen LogP contribution in [0.2, 0.25) is 0 Å². The van der Waals surface area contributed by atoms with Crippen LogP contribution in [0.25, 0.3) is 0 Å². The van der Waals surface area contributed by atoms with Gasteiger partial charge in [-0.05, 0) is 50.8 Å². The summed E-state index contributed by atoms with van der Waals surface area (Å²) in [5.41, 5.74) is 6.17. The number of hydrogen-bond donors (Lipinski definition) is 2. The van der Waals surface area contributed by atoms with Gasteiger partial charge in [0.05, 0.1) is 12.7 Å². The van der Waals surface area contributed by atoms with E-state index in [1.165, 1.54) is 19.3 Å². The average Bonchev–Trinajstić information content (AvgIpc) is 2.42. The fraction of sp³-hybridized carbons (Fsp3) is 0.533. The Morgan fingerprint density at radius 3 is 2.63 bits per heavy atom. The van der Waals surface area contributed by atoms with Gasteiger partial charge in [-0.1, -0.05) is 6.42 Å². The number of nitrogens with one attached hydrogen (secondary N) is 1. The van der Waals surface area contributed by atoms with E-state index in [1.807, 2.05) is 19.1 Å². The second-order valence-corrected chi connectivity index (χ2v) is 4.89. The molecule has 1 aromatic rings. The number of rotatable bonds is 5. The van der Waals surface area contributed by atoms with Gasteiger partial charge in [0, 0.05) is 5.56 Å². The van der Waals surface area contributed by atoms with Crippen molar-refractivity contribution in [2.75, 3.05) is 6.61 Å². The van der Waals surface area contributed by atoms with E-state index in [-0.39, 0.29) is 11.9 Å². The van der Waals surface area contributed by atoms with Crippen LogP contribution in [0, 0.1) is 5.41 Å². The van der Waals surface area contributed by atoms with Crippen molar-refractivity contribution in [2.24, 2.45) is 5.73 Å². The molecular weight excluding hydrogens is 240 g/mol. The van der Waals surface area contributed by atoms with Gasteiger partial charge in [0.1, 0.15) is 5.84 Å². The molecule has 0 bridgehead atoms. The third-order valence-corrected chi connectivity index (χ3v) is 3.40. The van der Waals surface area contributed by atoms with Gasteiger partial charge < -0.3 is 15.2 Å². The van der Waals surface area contributed by atoms with Gasteiger partial charge in [-0.15, -0.1) is 0 Å². The Hall–Kier alpha value is -1.71. The van der Waals surface area contributed by atoms with Crippen molar-refractivity contribution >= 4 is 5.84 Å². The first-order valence-corrected chi connectivity index (χ1v) is 6.98. The minimum Gasteiger partial charge on any atom is -0.490 e. The largest absolute Gasteiger partial charge is 0.490 e. The summed E-state index contributed by atoms with van der Waals surface area (Å²) in [4.78, 5) is 0. The van der Waals surface area contributed by atoms with Crippen molar-refractivity contribution in [3.8, 4) is 11.5 Å². The van der Waals surface area contributed by atoms with E-state index < -0.39 is 0 Å². The highest BCUT2D eigenvalue weighted by atomic mass is 16.5. The molecule has 0 heterocycles. The highest BCUT2D eigenvalue weighted by Gasteiger charge is 2.17. The molecule has 0 aliphatic heterocycles. The lowest BCUT2D eigenvalue weighted by Gasteiger charge is -2.24. The summed E-state index contributed by atoms with van der Waals surface area (Å²) in [6, 6.07) is 5.45. The molecule has 1 aromatic carbocycles. The predicted molar refractivity (Wildman–Crippen MR) is 76.1 cm³/mol. The number of nitrogens with two attached hydrogens (primary N) is 1. The summed E-state index contributed by atoms with van der Waals surface area (Å²) in [7, 11) is 0. The summed E-state index contributed by atoms with van der Waals surface area (Å²) in [5.74, 6) is 1.49. The molecule has 0 radical (unpaired) electrons. The molecule has 0 atom stereocenters. The molecule has 1 fully saturated rings. The number of hydrogen-bond acceptors (Lipinski definition) is 3. The molecule has 4 nitrogen and oxygen atoms in total. The maximum Gasteiger partial charge on any atom is 0.161 e. The van der Waals surface area contributed by atoms with Gasteiger partial charge in [-0.3, -0.25) is 5.41 Å². The van der Waals surface area contributed by atoms with Gasteiger partial charge in [0.15, 0.2) is 11.5 Å². The average molecular weight is 262 g/mol.